The lowest BCUT2D eigenvalue weighted by molar-refractivity contribution is 0.619. The molecule has 0 spiro atoms. The fourth-order valence-corrected chi connectivity index (χ4v) is 7.10. The average Bonchev–Trinajstić information content (AvgIpc) is 3.90. The zero-order valence-electron chi connectivity index (χ0n) is 26.9. The van der Waals surface area contributed by atoms with Crippen molar-refractivity contribution in [2.75, 3.05) is 0 Å². The Kier molecular flexibility index (Phi) is 5.83. The van der Waals surface area contributed by atoms with Crippen LogP contribution in [0.3, 0.4) is 0 Å². The largest absolute Gasteiger partial charge is 0.456 e. The van der Waals surface area contributed by atoms with Crippen molar-refractivity contribution in [3.05, 3.63) is 146 Å². The monoisotopic (exact) mass is 656 g/mol. The fraction of sp³-hybridized carbons (Fsp3) is 0. The molecule has 0 saturated carbocycles. The Morgan fingerprint density at radius 2 is 1.02 bits per heavy atom. The maximum absolute atomic E-state index is 6.74. The van der Waals surface area contributed by atoms with Crippen molar-refractivity contribution in [1.29, 1.82) is 0 Å². The molecule has 238 valence electrons. The van der Waals surface area contributed by atoms with Crippen molar-refractivity contribution in [3.63, 3.8) is 0 Å². The molecule has 0 aliphatic carbocycles. The third kappa shape index (κ3) is 4.38. The quantitative estimate of drug-likeness (QED) is 0.186. The molecule has 0 radical (unpaired) electrons. The molecule has 4 aromatic heterocycles. The van der Waals surface area contributed by atoms with Crippen LogP contribution in [-0.4, -0.2) is 19.9 Å². The van der Waals surface area contributed by atoms with Gasteiger partial charge >= 0.3 is 0 Å². The van der Waals surface area contributed by atoms with Crippen molar-refractivity contribution >= 4 is 65.7 Å². The number of furan rings is 2. The van der Waals surface area contributed by atoms with E-state index in [1.54, 1.807) is 0 Å². The summed E-state index contributed by atoms with van der Waals surface area (Å²) >= 11 is 0. The van der Waals surface area contributed by atoms with E-state index >= 15 is 0 Å². The van der Waals surface area contributed by atoms with E-state index in [1.165, 1.54) is 0 Å². The number of para-hydroxylation sites is 2. The van der Waals surface area contributed by atoms with E-state index in [2.05, 4.69) is 42.5 Å². The molecule has 0 aliphatic rings. The molecule has 0 unspecified atom stereocenters. The number of benzene rings is 7. The molecular formula is C44H24N4O3. The molecule has 0 atom stereocenters. The van der Waals surface area contributed by atoms with Gasteiger partial charge in [-0.15, -0.1) is 0 Å². The van der Waals surface area contributed by atoms with Crippen LogP contribution in [-0.2, 0) is 0 Å². The highest BCUT2D eigenvalue weighted by atomic mass is 16.4. The Morgan fingerprint density at radius 3 is 1.88 bits per heavy atom. The van der Waals surface area contributed by atoms with Gasteiger partial charge in [0.05, 0.1) is 10.9 Å². The summed E-state index contributed by atoms with van der Waals surface area (Å²) in [5.41, 5.74) is 7.46. The van der Waals surface area contributed by atoms with Crippen molar-refractivity contribution in [1.82, 2.24) is 19.9 Å². The van der Waals surface area contributed by atoms with E-state index in [9.17, 15) is 0 Å². The van der Waals surface area contributed by atoms with E-state index in [4.69, 9.17) is 33.2 Å². The minimum Gasteiger partial charge on any atom is -0.456 e. The molecule has 11 rings (SSSR count). The molecule has 4 heterocycles. The standard InChI is InChI=1S/C44H24N4O3/c1-2-11-26(12-3-1)41-46-42(28-19-18-25-10-4-5-13-27(25)22-28)48-43(47-41)33-24-37-38(32-15-7-9-17-35(32)50-37)39-40(33)51-44(45-39)29-20-21-31-30-14-6-8-16-34(30)49-36(31)23-29/h1-24H. The zero-order valence-corrected chi connectivity index (χ0v) is 26.9. The van der Waals surface area contributed by atoms with Gasteiger partial charge in [0.2, 0.25) is 5.89 Å². The second kappa shape index (κ2) is 10.7. The normalized spacial score (nSPS) is 11.9. The van der Waals surface area contributed by atoms with E-state index in [0.29, 0.717) is 45.6 Å². The van der Waals surface area contributed by atoms with E-state index in [-0.39, 0.29) is 0 Å². The summed E-state index contributed by atoms with van der Waals surface area (Å²) in [6.45, 7) is 0. The van der Waals surface area contributed by atoms with Crippen LogP contribution in [0.4, 0.5) is 0 Å². The van der Waals surface area contributed by atoms with Crippen LogP contribution in [0.5, 0.6) is 0 Å². The third-order valence-electron chi connectivity index (χ3n) is 9.55. The smallest absolute Gasteiger partial charge is 0.227 e. The first-order valence-electron chi connectivity index (χ1n) is 16.7. The number of nitrogens with zero attached hydrogens (tertiary/aromatic N) is 4. The topological polar surface area (TPSA) is 91.0 Å². The first kappa shape index (κ1) is 27.8. The predicted molar refractivity (Wildman–Crippen MR) is 201 cm³/mol. The second-order valence-electron chi connectivity index (χ2n) is 12.6. The van der Waals surface area contributed by atoms with E-state index in [0.717, 1.165) is 65.8 Å². The molecule has 0 amide bonds. The number of aromatic nitrogens is 4. The summed E-state index contributed by atoms with van der Waals surface area (Å²) in [5.74, 6) is 2.02. The molecule has 0 aliphatic heterocycles. The average molecular weight is 657 g/mol. The van der Waals surface area contributed by atoms with E-state index in [1.807, 2.05) is 103 Å². The highest BCUT2D eigenvalue weighted by Gasteiger charge is 2.24. The molecule has 0 bridgehead atoms. The Hall–Kier alpha value is -7.12. The number of oxazole rings is 1. The van der Waals surface area contributed by atoms with Gasteiger partial charge in [0.25, 0.3) is 0 Å². The molecule has 0 saturated heterocycles. The van der Waals surface area contributed by atoms with Crippen molar-refractivity contribution in [3.8, 4) is 45.6 Å². The molecule has 7 nitrogen and oxygen atoms in total. The Labute approximate surface area is 289 Å². The van der Waals surface area contributed by atoms with Crippen LogP contribution < -0.4 is 0 Å². The number of rotatable bonds is 4. The van der Waals surface area contributed by atoms with Gasteiger partial charge in [-0.25, -0.2) is 19.9 Å². The minimum atomic E-state index is 0.454. The van der Waals surface area contributed by atoms with Crippen LogP contribution in [0, 0.1) is 0 Å². The molecule has 7 heteroatoms. The van der Waals surface area contributed by atoms with Gasteiger partial charge in [0.1, 0.15) is 27.8 Å². The van der Waals surface area contributed by atoms with Gasteiger partial charge in [0, 0.05) is 32.8 Å². The SMILES string of the molecule is c1ccc(-c2nc(-c3ccc4ccccc4c3)nc(-c3cc4oc5ccccc5c4c4nc(-c5ccc6c(c5)oc5ccccc56)oc34)n2)cc1. The summed E-state index contributed by atoms with van der Waals surface area (Å²) in [5, 5.41) is 6.17. The molecule has 0 fully saturated rings. The van der Waals surface area contributed by atoms with Crippen LogP contribution in [0.1, 0.15) is 0 Å². The van der Waals surface area contributed by atoms with Gasteiger partial charge in [-0.3, -0.25) is 0 Å². The summed E-state index contributed by atoms with van der Waals surface area (Å²) in [7, 11) is 0. The molecule has 7 aromatic carbocycles. The third-order valence-corrected chi connectivity index (χ3v) is 9.55. The van der Waals surface area contributed by atoms with Crippen LogP contribution >= 0.6 is 0 Å². The molecule has 51 heavy (non-hydrogen) atoms. The Balaban J connectivity index is 1.18. The predicted octanol–water partition coefficient (Wildman–Crippen LogP) is 11.6. The van der Waals surface area contributed by atoms with Gasteiger partial charge in [-0.1, -0.05) is 103 Å². The van der Waals surface area contributed by atoms with Crippen molar-refractivity contribution < 1.29 is 13.3 Å². The molecular weight excluding hydrogens is 633 g/mol. The molecule has 0 N–H and O–H groups in total. The summed E-state index contributed by atoms with van der Waals surface area (Å²) in [6.07, 6.45) is 0. The summed E-state index contributed by atoms with van der Waals surface area (Å²) in [6, 6.07) is 48.5. The lowest BCUT2D eigenvalue weighted by atomic mass is 10.1. The second-order valence-corrected chi connectivity index (χ2v) is 12.6. The van der Waals surface area contributed by atoms with Gasteiger partial charge in [-0.2, -0.15) is 0 Å². The Bertz CT molecular complexity index is 3160. The Morgan fingerprint density at radius 1 is 0.373 bits per heavy atom. The zero-order chi connectivity index (χ0) is 33.5. The lowest BCUT2D eigenvalue weighted by Crippen LogP contribution is -2.00. The highest BCUT2D eigenvalue weighted by Crippen LogP contribution is 2.42. The summed E-state index contributed by atoms with van der Waals surface area (Å²) in [4.78, 5) is 20.3. The summed E-state index contributed by atoms with van der Waals surface area (Å²) < 4.78 is 19.4. The van der Waals surface area contributed by atoms with Gasteiger partial charge in [-0.05, 0) is 53.2 Å². The van der Waals surface area contributed by atoms with Gasteiger partial charge < -0.3 is 13.3 Å². The van der Waals surface area contributed by atoms with Crippen molar-refractivity contribution in [2.45, 2.75) is 0 Å². The fourth-order valence-electron chi connectivity index (χ4n) is 7.10. The first-order valence-corrected chi connectivity index (χ1v) is 16.7. The number of fused-ring (bicyclic) bond motifs is 9. The number of hydrogen-bond donors (Lipinski definition) is 0. The maximum atomic E-state index is 6.74. The van der Waals surface area contributed by atoms with Crippen molar-refractivity contribution in [2.24, 2.45) is 0 Å². The first-order chi connectivity index (χ1) is 25.2. The van der Waals surface area contributed by atoms with Gasteiger partial charge in [0.15, 0.2) is 23.1 Å². The molecule has 11 aromatic rings. The lowest BCUT2D eigenvalue weighted by Gasteiger charge is -2.09. The minimum absolute atomic E-state index is 0.454. The van der Waals surface area contributed by atoms with E-state index < -0.39 is 0 Å². The highest BCUT2D eigenvalue weighted by molar-refractivity contribution is 6.19. The van der Waals surface area contributed by atoms with Crippen LogP contribution in [0.25, 0.3) is 111 Å². The van der Waals surface area contributed by atoms with Crippen LogP contribution in [0.15, 0.2) is 159 Å². The number of hydrogen-bond acceptors (Lipinski definition) is 7. The maximum Gasteiger partial charge on any atom is 0.227 e. The van der Waals surface area contributed by atoms with Crippen LogP contribution in [0.2, 0.25) is 0 Å².